The van der Waals surface area contributed by atoms with Crippen molar-refractivity contribution in [3.63, 3.8) is 0 Å². The fourth-order valence-corrected chi connectivity index (χ4v) is 2.86. The minimum Gasteiger partial charge on any atom is -0.381 e. The molecule has 0 unspecified atom stereocenters. The van der Waals surface area contributed by atoms with Crippen molar-refractivity contribution < 1.29 is 13.2 Å². The third-order valence-electron chi connectivity index (χ3n) is 3.15. The maximum Gasteiger partial charge on any atom is 0.213 e. The summed E-state index contributed by atoms with van der Waals surface area (Å²) < 4.78 is 31.0. The molecule has 1 N–H and O–H groups in total. The van der Waals surface area contributed by atoms with Gasteiger partial charge >= 0.3 is 0 Å². The van der Waals surface area contributed by atoms with E-state index in [1.54, 1.807) is 0 Å². The van der Waals surface area contributed by atoms with E-state index in [4.69, 9.17) is 16.3 Å². The quantitative estimate of drug-likeness (QED) is 0.493. The Bertz CT molecular complexity index is 281. The summed E-state index contributed by atoms with van der Waals surface area (Å²) in [4.78, 5) is 0. The summed E-state index contributed by atoms with van der Waals surface area (Å²) >= 11 is 5.92. The van der Waals surface area contributed by atoms with Crippen molar-refractivity contribution in [2.24, 2.45) is 5.41 Å². The van der Waals surface area contributed by atoms with Crippen LogP contribution in [0.5, 0.6) is 0 Å². The minimum atomic E-state index is -3.25. The highest BCUT2D eigenvalue weighted by Crippen LogP contribution is 2.27. The van der Waals surface area contributed by atoms with Gasteiger partial charge in [0.1, 0.15) is 0 Å². The van der Waals surface area contributed by atoms with Crippen LogP contribution in [0.4, 0.5) is 0 Å². The highest BCUT2D eigenvalue weighted by Gasteiger charge is 2.26. The molecule has 0 aromatic heterocycles. The number of halogens is 1. The Labute approximate surface area is 110 Å². The molecule has 0 bridgehead atoms. The van der Waals surface area contributed by atoms with Gasteiger partial charge < -0.3 is 4.74 Å². The Morgan fingerprint density at radius 2 is 1.82 bits per heavy atom. The van der Waals surface area contributed by atoms with Gasteiger partial charge in [-0.2, -0.15) is 0 Å². The van der Waals surface area contributed by atoms with Gasteiger partial charge in [0, 0.05) is 19.0 Å². The van der Waals surface area contributed by atoms with Crippen LogP contribution in [-0.2, 0) is 14.8 Å². The predicted octanol–water partition coefficient (Wildman–Crippen LogP) is 1.99. The molecule has 0 aliphatic heterocycles. The first-order chi connectivity index (χ1) is 7.95. The summed E-state index contributed by atoms with van der Waals surface area (Å²) in [6.45, 7) is 7.06. The van der Waals surface area contributed by atoms with E-state index in [1.807, 2.05) is 20.8 Å². The number of ether oxygens (including phenoxy) is 1. The fourth-order valence-electron chi connectivity index (χ4n) is 1.38. The third kappa shape index (κ3) is 6.60. The van der Waals surface area contributed by atoms with Gasteiger partial charge in [-0.05, 0) is 25.2 Å². The number of alkyl halides is 1. The molecule has 6 heteroatoms. The smallest absolute Gasteiger partial charge is 0.213 e. The Balaban J connectivity index is 4.24. The maximum absolute atomic E-state index is 11.7. The first-order valence-electron chi connectivity index (χ1n) is 6.06. The summed E-state index contributed by atoms with van der Waals surface area (Å²) in [5, 5.41) is 0. The SMILES string of the molecule is CCOCCS(=O)(=O)NCC(CC)(CC)CCl. The first kappa shape index (κ1) is 17.2. The van der Waals surface area contributed by atoms with Crippen molar-refractivity contribution in [3.8, 4) is 0 Å². The van der Waals surface area contributed by atoms with Gasteiger partial charge in [0.15, 0.2) is 0 Å². The summed E-state index contributed by atoms with van der Waals surface area (Å²) in [7, 11) is -3.25. The Morgan fingerprint density at radius 3 is 2.24 bits per heavy atom. The largest absolute Gasteiger partial charge is 0.381 e. The molecule has 0 rings (SSSR count). The second kappa shape index (κ2) is 8.29. The molecule has 0 fully saturated rings. The molecule has 0 aliphatic rings. The van der Waals surface area contributed by atoms with Crippen molar-refractivity contribution >= 4 is 21.6 Å². The number of rotatable bonds is 10. The van der Waals surface area contributed by atoms with Crippen molar-refractivity contribution in [3.05, 3.63) is 0 Å². The van der Waals surface area contributed by atoms with Gasteiger partial charge in [0.05, 0.1) is 12.4 Å². The summed E-state index contributed by atoms with van der Waals surface area (Å²) in [6, 6.07) is 0. The van der Waals surface area contributed by atoms with Gasteiger partial charge in [0.25, 0.3) is 0 Å². The molecular formula is C11H24ClNO3S. The second-order valence-corrected chi connectivity index (χ2v) is 6.37. The molecule has 0 spiro atoms. The zero-order chi connectivity index (χ0) is 13.4. The second-order valence-electron chi connectivity index (χ2n) is 4.18. The van der Waals surface area contributed by atoms with Gasteiger partial charge in [-0.25, -0.2) is 13.1 Å². The van der Waals surface area contributed by atoms with Crippen LogP contribution in [0.1, 0.15) is 33.6 Å². The maximum atomic E-state index is 11.7. The monoisotopic (exact) mass is 285 g/mol. The van der Waals surface area contributed by atoms with Crippen LogP contribution in [0, 0.1) is 5.41 Å². The average molecular weight is 286 g/mol. The molecule has 17 heavy (non-hydrogen) atoms. The number of sulfonamides is 1. The zero-order valence-electron chi connectivity index (χ0n) is 11.0. The van der Waals surface area contributed by atoms with Gasteiger partial charge in [0.2, 0.25) is 10.0 Å². The lowest BCUT2D eigenvalue weighted by Gasteiger charge is -2.29. The highest BCUT2D eigenvalue weighted by molar-refractivity contribution is 7.89. The van der Waals surface area contributed by atoms with Crippen LogP contribution in [0.3, 0.4) is 0 Å². The van der Waals surface area contributed by atoms with Gasteiger partial charge in [-0.1, -0.05) is 13.8 Å². The molecular weight excluding hydrogens is 262 g/mol. The average Bonchev–Trinajstić information content (AvgIpc) is 2.32. The van der Waals surface area contributed by atoms with E-state index >= 15 is 0 Å². The standard InChI is InChI=1S/C11H24ClNO3S/c1-4-11(5-2,9-12)10-13-17(14,15)8-7-16-6-3/h13H,4-10H2,1-3H3. The molecule has 0 saturated carbocycles. The molecule has 0 saturated heterocycles. The topological polar surface area (TPSA) is 55.4 Å². The Kier molecular flexibility index (Phi) is 8.37. The minimum absolute atomic E-state index is 0.00658. The molecule has 0 aliphatic carbocycles. The molecule has 4 nitrogen and oxygen atoms in total. The molecule has 0 amide bonds. The van der Waals surface area contributed by atoms with E-state index in [0.29, 0.717) is 19.0 Å². The Morgan fingerprint density at radius 1 is 1.24 bits per heavy atom. The first-order valence-corrected chi connectivity index (χ1v) is 8.25. The van der Waals surface area contributed by atoms with E-state index < -0.39 is 10.0 Å². The predicted molar refractivity (Wildman–Crippen MR) is 72.0 cm³/mol. The Hall–Kier alpha value is 0.160. The van der Waals surface area contributed by atoms with Crippen molar-refractivity contribution in [1.29, 1.82) is 0 Å². The summed E-state index contributed by atoms with van der Waals surface area (Å²) in [6.07, 6.45) is 1.72. The lowest BCUT2D eigenvalue weighted by molar-refractivity contribution is 0.163. The highest BCUT2D eigenvalue weighted by atomic mass is 35.5. The van der Waals surface area contributed by atoms with Crippen molar-refractivity contribution in [1.82, 2.24) is 4.72 Å². The number of hydrogen-bond acceptors (Lipinski definition) is 3. The van der Waals surface area contributed by atoms with E-state index in [9.17, 15) is 8.42 Å². The van der Waals surface area contributed by atoms with E-state index in [1.165, 1.54) is 0 Å². The van der Waals surface area contributed by atoms with Gasteiger partial charge in [-0.3, -0.25) is 0 Å². The normalized spacial score (nSPS) is 12.9. The van der Waals surface area contributed by atoms with Crippen LogP contribution < -0.4 is 4.72 Å². The van der Waals surface area contributed by atoms with E-state index in [0.717, 1.165) is 12.8 Å². The van der Waals surface area contributed by atoms with E-state index in [-0.39, 0.29) is 17.8 Å². The third-order valence-corrected chi connectivity index (χ3v) is 5.01. The van der Waals surface area contributed by atoms with Crippen LogP contribution in [0.15, 0.2) is 0 Å². The molecule has 0 aromatic carbocycles. The fraction of sp³-hybridized carbons (Fsp3) is 1.00. The van der Waals surface area contributed by atoms with Crippen LogP contribution in [0.25, 0.3) is 0 Å². The summed E-state index contributed by atoms with van der Waals surface area (Å²) in [5.41, 5.74) is -0.139. The summed E-state index contributed by atoms with van der Waals surface area (Å²) in [5.74, 6) is 0.473. The number of hydrogen-bond donors (Lipinski definition) is 1. The molecule has 104 valence electrons. The van der Waals surface area contributed by atoms with Crippen LogP contribution in [0.2, 0.25) is 0 Å². The molecule has 0 radical (unpaired) electrons. The number of nitrogens with one attached hydrogen (secondary N) is 1. The lowest BCUT2D eigenvalue weighted by atomic mass is 9.85. The van der Waals surface area contributed by atoms with Crippen molar-refractivity contribution in [2.75, 3.05) is 31.4 Å². The van der Waals surface area contributed by atoms with Crippen molar-refractivity contribution in [2.45, 2.75) is 33.6 Å². The van der Waals surface area contributed by atoms with Crippen LogP contribution in [-0.4, -0.2) is 39.8 Å². The zero-order valence-corrected chi connectivity index (χ0v) is 12.5. The molecule has 0 heterocycles. The van der Waals surface area contributed by atoms with Crippen LogP contribution >= 0.6 is 11.6 Å². The molecule has 0 aromatic rings. The lowest BCUT2D eigenvalue weighted by Crippen LogP contribution is -2.39. The van der Waals surface area contributed by atoms with Gasteiger partial charge in [-0.15, -0.1) is 11.6 Å². The molecule has 0 atom stereocenters. The van der Waals surface area contributed by atoms with E-state index in [2.05, 4.69) is 4.72 Å².